The lowest BCUT2D eigenvalue weighted by Crippen LogP contribution is -1.93. The van der Waals surface area contributed by atoms with E-state index >= 15 is 0 Å². The van der Waals surface area contributed by atoms with Crippen molar-refractivity contribution in [1.82, 2.24) is 9.78 Å². The molecule has 0 N–H and O–H groups in total. The van der Waals surface area contributed by atoms with Gasteiger partial charge in [0, 0.05) is 0 Å². The number of hydrogen-bond donors (Lipinski definition) is 1. The zero-order chi connectivity index (χ0) is 6.27. The molecule has 0 bridgehead atoms. The summed E-state index contributed by atoms with van der Waals surface area (Å²) in [5.41, 5.74) is 0. The highest BCUT2D eigenvalue weighted by molar-refractivity contribution is 7.80. The lowest BCUT2D eigenvalue weighted by atomic mass is 10.7. The van der Waals surface area contributed by atoms with Crippen molar-refractivity contribution in [1.29, 1.82) is 0 Å². The van der Waals surface area contributed by atoms with Gasteiger partial charge in [0.1, 0.15) is 6.61 Å². The van der Waals surface area contributed by atoms with E-state index in [-0.39, 0.29) is 0 Å². The second kappa shape index (κ2) is 1.67. The summed E-state index contributed by atoms with van der Waals surface area (Å²) in [5.74, 6) is 0.804. The Morgan fingerprint density at radius 3 is 3.44 bits per heavy atom. The Morgan fingerprint density at radius 2 is 2.67 bits per heavy atom. The van der Waals surface area contributed by atoms with Crippen LogP contribution in [0.1, 0.15) is 0 Å². The Balaban J connectivity index is 2.56. The van der Waals surface area contributed by atoms with E-state index < -0.39 is 0 Å². The van der Waals surface area contributed by atoms with E-state index in [4.69, 9.17) is 4.74 Å². The summed E-state index contributed by atoms with van der Waals surface area (Å²) in [6.45, 7) is 1.59. The highest BCUT2D eigenvalue weighted by Crippen LogP contribution is 2.24. The molecule has 0 saturated heterocycles. The van der Waals surface area contributed by atoms with Gasteiger partial charge in [0.05, 0.1) is 17.6 Å². The van der Waals surface area contributed by atoms with Gasteiger partial charge in [-0.2, -0.15) is 5.10 Å². The van der Waals surface area contributed by atoms with Crippen LogP contribution in [0.2, 0.25) is 0 Å². The molecule has 1 aromatic rings. The Labute approximate surface area is 58.0 Å². The minimum Gasteiger partial charge on any atom is -0.475 e. The van der Waals surface area contributed by atoms with Crippen molar-refractivity contribution in [2.24, 2.45) is 0 Å². The molecule has 0 atom stereocenters. The third-order valence-electron chi connectivity index (χ3n) is 1.31. The van der Waals surface area contributed by atoms with Gasteiger partial charge in [-0.05, 0) is 0 Å². The SMILES string of the molecule is Sc1cnn2c1OCC2. The number of fused-ring (bicyclic) bond motifs is 1. The summed E-state index contributed by atoms with van der Waals surface area (Å²) in [7, 11) is 0. The molecule has 48 valence electrons. The van der Waals surface area contributed by atoms with Crippen LogP contribution in [0.4, 0.5) is 0 Å². The number of nitrogens with zero attached hydrogens (tertiary/aromatic N) is 2. The van der Waals surface area contributed by atoms with E-state index in [0.29, 0.717) is 0 Å². The molecule has 0 radical (unpaired) electrons. The first-order valence-corrected chi connectivity index (χ1v) is 3.20. The molecule has 0 fully saturated rings. The monoisotopic (exact) mass is 142 g/mol. The van der Waals surface area contributed by atoms with Gasteiger partial charge in [0.15, 0.2) is 0 Å². The first kappa shape index (κ1) is 5.17. The van der Waals surface area contributed by atoms with Gasteiger partial charge in [-0.25, -0.2) is 4.68 Å². The summed E-state index contributed by atoms with van der Waals surface area (Å²) in [5, 5.41) is 4.01. The van der Waals surface area contributed by atoms with Crippen LogP contribution in [0.15, 0.2) is 11.1 Å². The molecular weight excluding hydrogens is 136 g/mol. The fourth-order valence-electron chi connectivity index (χ4n) is 0.901. The predicted molar refractivity (Wildman–Crippen MR) is 35.0 cm³/mol. The third-order valence-corrected chi connectivity index (χ3v) is 1.62. The fraction of sp³-hybridized carbons (Fsp3) is 0.400. The molecule has 0 amide bonds. The van der Waals surface area contributed by atoms with E-state index in [1.54, 1.807) is 6.20 Å². The van der Waals surface area contributed by atoms with Gasteiger partial charge >= 0.3 is 0 Å². The van der Waals surface area contributed by atoms with Crippen LogP contribution in [0.25, 0.3) is 0 Å². The molecule has 0 unspecified atom stereocenters. The number of aromatic nitrogens is 2. The zero-order valence-electron chi connectivity index (χ0n) is 4.74. The minimum absolute atomic E-state index is 0.733. The number of rotatable bonds is 0. The molecular formula is C5H6N2OS. The number of hydrogen-bond acceptors (Lipinski definition) is 3. The van der Waals surface area contributed by atoms with Crippen molar-refractivity contribution in [3.05, 3.63) is 6.20 Å². The van der Waals surface area contributed by atoms with Gasteiger partial charge < -0.3 is 4.74 Å². The maximum absolute atomic E-state index is 5.19. The van der Waals surface area contributed by atoms with E-state index in [1.807, 2.05) is 4.68 Å². The van der Waals surface area contributed by atoms with Crippen LogP contribution in [-0.4, -0.2) is 16.4 Å². The first-order valence-electron chi connectivity index (χ1n) is 2.75. The summed E-state index contributed by atoms with van der Waals surface area (Å²) in [6.07, 6.45) is 1.69. The molecule has 1 aliphatic rings. The summed E-state index contributed by atoms with van der Waals surface area (Å²) in [6, 6.07) is 0. The molecule has 3 nitrogen and oxygen atoms in total. The second-order valence-electron chi connectivity index (χ2n) is 1.91. The van der Waals surface area contributed by atoms with Crippen molar-refractivity contribution >= 4 is 12.6 Å². The second-order valence-corrected chi connectivity index (χ2v) is 2.39. The van der Waals surface area contributed by atoms with Crippen molar-refractivity contribution in [2.75, 3.05) is 6.61 Å². The molecule has 0 saturated carbocycles. The maximum Gasteiger partial charge on any atom is 0.225 e. The van der Waals surface area contributed by atoms with Gasteiger partial charge in [-0.3, -0.25) is 0 Å². The average molecular weight is 142 g/mol. The fourth-order valence-corrected chi connectivity index (χ4v) is 1.13. The number of thiol groups is 1. The quantitative estimate of drug-likeness (QED) is 0.536. The van der Waals surface area contributed by atoms with Gasteiger partial charge in [0.25, 0.3) is 0 Å². The van der Waals surface area contributed by atoms with Crippen LogP contribution >= 0.6 is 12.6 Å². The lowest BCUT2D eigenvalue weighted by Gasteiger charge is -1.90. The highest BCUT2D eigenvalue weighted by atomic mass is 32.1. The summed E-state index contributed by atoms with van der Waals surface area (Å²) in [4.78, 5) is 0.826. The van der Waals surface area contributed by atoms with Crippen molar-refractivity contribution < 1.29 is 4.74 Å². The third kappa shape index (κ3) is 0.627. The van der Waals surface area contributed by atoms with Gasteiger partial charge in [-0.1, -0.05) is 0 Å². The van der Waals surface area contributed by atoms with Crippen LogP contribution in [-0.2, 0) is 6.54 Å². The predicted octanol–water partition coefficient (Wildman–Crippen LogP) is 0.564. The first-order chi connectivity index (χ1) is 4.38. The smallest absolute Gasteiger partial charge is 0.225 e. The molecule has 1 aromatic heterocycles. The topological polar surface area (TPSA) is 27.1 Å². The van der Waals surface area contributed by atoms with Crippen molar-refractivity contribution in [3.63, 3.8) is 0 Å². The van der Waals surface area contributed by atoms with E-state index in [0.717, 1.165) is 23.9 Å². The van der Waals surface area contributed by atoms with E-state index in [2.05, 4.69) is 17.7 Å². The van der Waals surface area contributed by atoms with Crippen LogP contribution in [0.5, 0.6) is 5.88 Å². The van der Waals surface area contributed by atoms with Crippen molar-refractivity contribution in [2.45, 2.75) is 11.4 Å². The summed E-state index contributed by atoms with van der Waals surface area (Å²) < 4.78 is 7.00. The normalized spacial score (nSPS) is 15.2. The largest absolute Gasteiger partial charge is 0.475 e. The Kier molecular flexibility index (Phi) is 0.958. The zero-order valence-corrected chi connectivity index (χ0v) is 5.64. The molecule has 2 heterocycles. The minimum atomic E-state index is 0.733. The molecule has 1 aliphatic heterocycles. The highest BCUT2D eigenvalue weighted by Gasteiger charge is 2.14. The van der Waals surface area contributed by atoms with Gasteiger partial charge in [0.2, 0.25) is 5.88 Å². The van der Waals surface area contributed by atoms with E-state index in [9.17, 15) is 0 Å². The van der Waals surface area contributed by atoms with Crippen molar-refractivity contribution in [3.8, 4) is 5.88 Å². The molecule has 0 aliphatic carbocycles. The Bertz CT molecular complexity index is 233. The summed E-state index contributed by atoms with van der Waals surface area (Å²) >= 11 is 4.13. The molecule has 0 aromatic carbocycles. The van der Waals surface area contributed by atoms with Crippen LogP contribution in [0, 0.1) is 0 Å². The molecule has 4 heteroatoms. The molecule has 0 spiro atoms. The Hall–Kier alpha value is -0.640. The van der Waals surface area contributed by atoms with E-state index in [1.165, 1.54) is 0 Å². The van der Waals surface area contributed by atoms with Crippen LogP contribution < -0.4 is 4.74 Å². The number of ether oxygens (including phenoxy) is 1. The Morgan fingerprint density at radius 1 is 1.78 bits per heavy atom. The van der Waals surface area contributed by atoms with Crippen LogP contribution in [0.3, 0.4) is 0 Å². The average Bonchev–Trinajstić information content (AvgIpc) is 2.35. The molecule has 9 heavy (non-hydrogen) atoms. The lowest BCUT2D eigenvalue weighted by molar-refractivity contribution is 0.350. The maximum atomic E-state index is 5.19. The standard InChI is InChI=1S/C5H6N2OS/c9-4-3-6-7-1-2-8-5(4)7/h3,9H,1-2H2. The van der Waals surface area contributed by atoms with Gasteiger partial charge in [-0.15, -0.1) is 12.6 Å². The molecule has 2 rings (SSSR count).